The SMILES string of the molecule is CC(=O)[O-].O.O.O.O.[Dy+3]. The number of carboxylic acids is 1. The van der Waals surface area contributed by atoms with Gasteiger partial charge in [-0.25, -0.2) is 0 Å². The zero-order valence-corrected chi connectivity index (χ0v) is 6.66. The molecule has 1 radical (unpaired) electrons. The van der Waals surface area contributed by atoms with Gasteiger partial charge in [0.15, 0.2) is 0 Å². The third kappa shape index (κ3) is 1100. The van der Waals surface area contributed by atoms with Crippen molar-refractivity contribution in [1.29, 1.82) is 0 Å². The van der Waals surface area contributed by atoms with E-state index in [1.807, 2.05) is 0 Å². The molecular weight excluding hydrogens is 283 g/mol. The van der Waals surface area contributed by atoms with Gasteiger partial charge in [-0.1, -0.05) is 0 Å². The summed E-state index contributed by atoms with van der Waals surface area (Å²) in [5.74, 6) is -1.08. The molecule has 7 heteroatoms. The number of hydrogen-bond donors (Lipinski definition) is 0. The van der Waals surface area contributed by atoms with E-state index in [-0.39, 0.29) is 60.1 Å². The third-order valence-corrected chi connectivity index (χ3v) is 0. The van der Waals surface area contributed by atoms with Crippen molar-refractivity contribution in [3.63, 3.8) is 0 Å². The first kappa shape index (κ1) is 55.0. The van der Waals surface area contributed by atoms with Gasteiger partial charge in [0.25, 0.3) is 0 Å². The van der Waals surface area contributed by atoms with Crippen LogP contribution in [-0.2, 0) is 4.79 Å². The largest absolute Gasteiger partial charge is 3.00 e. The van der Waals surface area contributed by atoms with Crippen LogP contribution in [0.1, 0.15) is 6.92 Å². The zero-order valence-electron chi connectivity index (χ0n) is 4.63. The molecular formula is C2H11DyO6+2. The van der Waals surface area contributed by atoms with Crippen LogP contribution in [0.5, 0.6) is 0 Å². The predicted octanol–water partition coefficient (Wildman–Crippen LogP) is -4.54. The van der Waals surface area contributed by atoms with Gasteiger partial charge in [0.05, 0.1) is 0 Å². The predicted molar refractivity (Wildman–Crippen MR) is 25.1 cm³/mol. The molecule has 0 spiro atoms. The maximum Gasteiger partial charge on any atom is 3.00 e. The Hall–Kier alpha value is 0.583. The van der Waals surface area contributed by atoms with Crippen molar-refractivity contribution in [2.24, 2.45) is 0 Å². The van der Waals surface area contributed by atoms with Crippen LogP contribution in [0.2, 0.25) is 0 Å². The molecule has 0 aliphatic rings. The molecule has 0 unspecified atom stereocenters. The minimum absolute atomic E-state index is 0. The van der Waals surface area contributed by atoms with Crippen LogP contribution >= 0.6 is 0 Å². The summed E-state index contributed by atoms with van der Waals surface area (Å²) in [7, 11) is 0. The van der Waals surface area contributed by atoms with Crippen LogP contribution in [0.25, 0.3) is 0 Å². The Bertz CT molecular complexity index is 34.0. The first-order valence-corrected chi connectivity index (χ1v) is 0.908. The average Bonchev–Trinajstić information content (AvgIpc) is 0.811. The van der Waals surface area contributed by atoms with E-state index in [2.05, 4.69) is 0 Å². The first-order chi connectivity index (χ1) is 1.73. The van der Waals surface area contributed by atoms with Crippen LogP contribution < -0.4 is 5.11 Å². The quantitative estimate of drug-likeness (QED) is 0.439. The van der Waals surface area contributed by atoms with Crippen molar-refractivity contribution in [2.75, 3.05) is 0 Å². The molecule has 0 atom stereocenters. The molecule has 0 aromatic carbocycles. The van der Waals surface area contributed by atoms with Crippen LogP contribution in [0.3, 0.4) is 0 Å². The number of carbonyl (C=O) groups is 1. The van der Waals surface area contributed by atoms with Gasteiger partial charge in [-0.15, -0.1) is 0 Å². The van der Waals surface area contributed by atoms with Gasteiger partial charge in [-0.3, -0.25) is 0 Å². The van der Waals surface area contributed by atoms with E-state index in [1.165, 1.54) is 0 Å². The number of carboxylic acid groups (broad SMARTS) is 1. The molecule has 0 heterocycles. The van der Waals surface area contributed by atoms with Crippen LogP contribution in [0, 0.1) is 38.2 Å². The maximum atomic E-state index is 8.89. The molecule has 6 nitrogen and oxygen atoms in total. The van der Waals surface area contributed by atoms with Crippen LogP contribution in [0.4, 0.5) is 0 Å². The number of aliphatic carboxylic acids is 1. The second-order valence-electron chi connectivity index (χ2n) is 0.492. The van der Waals surface area contributed by atoms with Crippen LogP contribution in [-0.4, -0.2) is 27.9 Å². The maximum absolute atomic E-state index is 8.89. The average molecular weight is 294 g/mol. The second kappa shape index (κ2) is 38.4. The van der Waals surface area contributed by atoms with E-state index >= 15 is 0 Å². The van der Waals surface area contributed by atoms with Crippen LogP contribution in [0.15, 0.2) is 0 Å². The normalized spacial score (nSPS) is 2.78. The van der Waals surface area contributed by atoms with Gasteiger partial charge < -0.3 is 31.8 Å². The summed E-state index contributed by atoms with van der Waals surface area (Å²) in [6, 6.07) is 0. The van der Waals surface area contributed by atoms with E-state index in [9.17, 15) is 0 Å². The fraction of sp³-hybridized carbons (Fsp3) is 0.500. The summed E-state index contributed by atoms with van der Waals surface area (Å²) in [4.78, 5) is 8.89. The fourth-order valence-corrected chi connectivity index (χ4v) is 0. The third-order valence-electron chi connectivity index (χ3n) is 0. The Morgan fingerprint density at radius 2 is 1.11 bits per heavy atom. The zero-order chi connectivity index (χ0) is 3.58. The molecule has 0 rings (SSSR count). The van der Waals surface area contributed by atoms with Gasteiger partial charge in [0.2, 0.25) is 0 Å². The summed E-state index contributed by atoms with van der Waals surface area (Å²) >= 11 is 0. The molecule has 0 bridgehead atoms. The molecule has 0 fully saturated rings. The minimum Gasteiger partial charge on any atom is -0.550 e. The molecule has 0 aliphatic heterocycles. The van der Waals surface area contributed by atoms with E-state index < -0.39 is 5.97 Å². The number of hydrogen-bond acceptors (Lipinski definition) is 2. The molecule has 0 aromatic heterocycles. The van der Waals surface area contributed by atoms with E-state index in [0.717, 1.165) is 6.92 Å². The first-order valence-electron chi connectivity index (χ1n) is 0.908. The molecule has 0 saturated heterocycles. The Morgan fingerprint density at radius 1 is 1.11 bits per heavy atom. The molecule has 0 aliphatic carbocycles. The van der Waals surface area contributed by atoms with Crippen molar-refractivity contribution in [3.8, 4) is 0 Å². The Labute approximate surface area is 82.5 Å². The monoisotopic (exact) mass is 295 g/mol. The van der Waals surface area contributed by atoms with E-state index in [0.29, 0.717) is 0 Å². The van der Waals surface area contributed by atoms with Crippen molar-refractivity contribution in [3.05, 3.63) is 0 Å². The van der Waals surface area contributed by atoms with Gasteiger partial charge >= 0.3 is 38.2 Å². The Kier molecular flexibility index (Phi) is 235. The molecule has 0 amide bonds. The molecule has 0 aromatic rings. The smallest absolute Gasteiger partial charge is 0.550 e. The minimum atomic E-state index is -1.08. The van der Waals surface area contributed by atoms with Crippen molar-refractivity contribution < 1.29 is 70.0 Å². The molecule has 0 saturated carbocycles. The van der Waals surface area contributed by atoms with Gasteiger partial charge in [-0.2, -0.15) is 0 Å². The number of rotatable bonds is 0. The Balaban J connectivity index is -0.00000000450. The summed E-state index contributed by atoms with van der Waals surface area (Å²) in [6.45, 7) is 0.972. The second-order valence-corrected chi connectivity index (χ2v) is 0.492. The summed E-state index contributed by atoms with van der Waals surface area (Å²) in [6.07, 6.45) is 0. The van der Waals surface area contributed by atoms with Crippen molar-refractivity contribution in [1.82, 2.24) is 0 Å². The van der Waals surface area contributed by atoms with E-state index in [4.69, 9.17) is 9.90 Å². The Morgan fingerprint density at radius 3 is 1.11 bits per heavy atom. The van der Waals surface area contributed by atoms with Crippen molar-refractivity contribution >= 4 is 5.97 Å². The molecule has 8 N–H and O–H groups in total. The topological polar surface area (TPSA) is 166 Å². The van der Waals surface area contributed by atoms with Gasteiger partial charge in [-0.05, 0) is 6.92 Å². The standard InChI is InChI=1S/C2H4O2.Dy.4H2O/c1-2(3)4;;;;;/h1H3,(H,3,4);;4*1H2/q;+3;;;;/p-1. The van der Waals surface area contributed by atoms with Gasteiger partial charge in [0.1, 0.15) is 0 Å². The number of carbonyl (C=O) groups excluding carboxylic acids is 1. The fourth-order valence-electron chi connectivity index (χ4n) is 0. The summed E-state index contributed by atoms with van der Waals surface area (Å²) < 4.78 is 0. The van der Waals surface area contributed by atoms with Crippen molar-refractivity contribution in [2.45, 2.75) is 6.92 Å². The molecule has 9 heavy (non-hydrogen) atoms. The summed E-state index contributed by atoms with van der Waals surface area (Å²) in [5, 5.41) is 8.89. The molecule has 63 valence electrons. The van der Waals surface area contributed by atoms with E-state index in [1.54, 1.807) is 0 Å². The van der Waals surface area contributed by atoms with Gasteiger partial charge in [0, 0.05) is 5.97 Å². The summed E-state index contributed by atoms with van der Waals surface area (Å²) in [5.41, 5.74) is 0.